The minimum Gasteiger partial charge on any atom is -0.493 e. The molecule has 1 aliphatic carbocycles. The number of halogens is 2. The fourth-order valence-corrected chi connectivity index (χ4v) is 5.74. The van der Waals surface area contributed by atoms with Crippen molar-refractivity contribution in [3.05, 3.63) is 78.5 Å². The number of carbonyl (C=O) groups is 2. The van der Waals surface area contributed by atoms with Crippen LogP contribution in [-0.2, 0) is 14.3 Å². The Morgan fingerprint density at radius 3 is 2.32 bits per heavy atom. The predicted octanol–water partition coefficient (Wildman–Crippen LogP) is 6.02. The van der Waals surface area contributed by atoms with Crippen LogP contribution in [-0.4, -0.2) is 68.3 Å². The van der Waals surface area contributed by atoms with Crippen molar-refractivity contribution in [3.8, 4) is 23.0 Å². The maximum absolute atomic E-state index is 15.3. The molecule has 3 aromatic carbocycles. The lowest BCUT2D eigenvalue weighted by atomic mass is 10.0. The number of morpholine rings is 1. The topological polar surface area (TPSA) is 111 Å². The van der Waals surface area contributed by atoms with Gasteiger partial charge in [-0.1, -0.05) is 6.92 Å². The monoisotopic (exact) mass is 646 g/mol. The summed E-state index contributed by atoms with van der Waals surface area (Å²) < 4.78 is 51.6. The first-order valence-electron chi connectivity index (χ1n) is 15.5. The van der Waals surface area contributed by atoms with Gasteiger partial charge in [-0.05, 0) is 67.3 Å². The van der Waals surface area contributed by atoms with Gasteiger partial charge in [-0.15, -0.1) is 0 Å². The maximum Gasteiger partial charge on any atom is 0.240 e. The van der Waals surface area contributed by atoms with E-state index in [2.05, 4.69) is 20.5 Å². The van der Waals surface area contributed by atoms with Crippen molar-refractivity contribution in [2.45, 2.75) is 19.8 Å². The molecule has 2 fully saturated rings. The standard InChI is InChI=1S/C35H36F2N4O6/c1-22-21-35(22,33(42)39-24-6-4-23(36)5-7-24)34(43)40-25-8-9-30(27(37)18-25)47-29-10-11-38-28-20-32(31(44-2)19-26(28)29)46-15-3-12-41-13-16-45-17-14-41/h4-11,18-20,22H,3,12-17,21H2,1-2H3,(H,39,42)(H,40,43)/t22-,35?/m1/s1. The highest BCUT2D eigenvalue weighted by atomic mass is 19.1. The molecule has 4 aromatic rings. The molecule has 1 saturated heterocycles. The van der Waals surface area contributed by atoms with Crippen LogP contribution in [0.2, 0.25) is 0 Å². The third kappa shape index (κ3) is 7.13. The van der Waals surface area contributed by atoms with Gasteiger partial charge >= 0.3 is 0 Å². The number of nitrogens with one attached hydrogen (secondary N) is 2. The summed E-state index contributed by atoms with van der Waals surface area (Å²) in [6, 6.07) is 14.5. The minimum atomic E-state index is -1.32. The number of carbonyl (C=O) groups excluding carboxylic acids is 2. The first-order valence-corrected chi connectivity index (χ1v) is 15.5. The van der Waals surface area contributed by atoms with Gasteiger partial charge in [0, 0.05) is 54.7 Å². The summed E-state index contributed by atoms with van der Waals surface area (Å²) in [5.41, 5.74) is -0.191. The molecule has 1 aromatic heterocycles. The van der Waals surface area contributed by atoms with E-state index in [1.54, 1.807) is 38.4 Å². The second-order valence-corrected chi connectivity index (χ2v) is 11.7. The number of methoxy groups -OCH3 is 1. The third-order valence-electron chi connectivity index (χ3n) is 8.60. The van der Waals surface area contributed by atoms with Gasteiger partial charge in [-0.3, -0.25) is 19.5 Å². The molecule has 2 N–H and O–H groups in total. The van der Waals surface area contributed by atoms with E-state index in [0.29, 0.717) is 46.9 Å². The van der Waals surface area contributed by atoms with Crippen LogP contribution < -0.4 is 24.8 Å². The Bertz CT molecular complexity index is 1770. The van der Waals surface area contributed by atoms with Gasteiger partial charge in [-0.2, -0.15) is 0 Å². The zero-order valence-corrected chi connectivity index (χ0v) is 26.2. The average Bonchev–Trinajstić information content (AvgIpc) is 3.77. The number of anilines is 2. The van der Waals surface area contributed by atoms with Gasteiger partial charge in [0.2, 0.25) is 11.8 Å². The Kier molecular flexibility index (Phi) is 9.50. The van der Waals surface area contributed by atoms with E-state index in [-0.39, 0.29) is 17.4 Å². The van der Waals surface area contributed by atoms with Crippen LogP contribution in [0.25, 0.3) is 10.9 Å². The fraction of sp³-hybridized carbons (Fsp3) is 0.343. The fourth-order valence-electron chi connectivity index (χ4n) is 5.74. The molecule has 12 heteroatoms. The lowest BCUT2D eigenvalue weighted by molar-refractivity contribution is -0.131. The van der Waals surface area contributed by atoms with Gasteiger partial charge in [0.05, 0.1) is 32.4 Å². The molecule has 1 aliphatic heterocycles. The van der Waals surface area contributed by atoms with Crippen molar-refractivity contribution < 1.29 is 37.3 Å². The molecule has 1 unspecified atom stereocenters. The molecule has 10 nitrogen and oxygen atoms in total. The second kappa shape index (κ2) is 13.9. The number of fused-ring (bicyclic) bond motifs is 1. The number of ether oxygens (including phenoxy) is 4. The number of benzene rings is 3. The van der Waals surface area contributed by atoms with Crippen molar-refractivity contribution in [1.82, 2.24) is 9.88 Å². The maximum atomic E-state index is 15.3. The summed E-state index contributed by atoms with van der Waals surface area (Å²) in [4.78, 5) is 33.1. The third-order valence-corrected chi connectivity index (χ3v) is 8.60. The van der Waals surface area contributed by atoms with Crippen LogP contribution in [0.15, 0.2) is 66.9 Å². The molecule has 2 heterocycles. The van der Waals surface area contributed by atoms with E-state index < -0.39 is 28.9 Å². The van der Waals surface area contributed by atoms with Gasteiger partial charge in [0.25, 0.3) is 0 Å². The zero-order valence-electron chi connectivity index (χ0n) is 26.2. The van der Waals surface area contributed by atoms with E-state index in [9.17, 15) is 14.0 Å². The molecule has 0 bridgehead atoms. The quantitative estimate of drug-likeness (QED) is 0.142. The largest absolute Gasteiger partial charge is 0.493 e. The molecular weight excluding hydrogens is 610 g/mol. The van der Waals surface area contributed by atoms with Gasteiger partial charge < -0.3 is 29.6 Å². The van der Waals surface area contributed by atoms with Crippen molar-refractivity contribution in [2.24, 2.45) is 11.3 Å². The lowest BCUT2D eigenvalue weighted by Gasteiger charge is -2.26. The molecule has 0 radical (unpaired) electrons. The number of pyridine rings is 1. The molecular formula is C35H36F2N4O6. The lowest BCUT2D eigenvalue weighted by Crippen LogP contribution is -2.37. The van der Waals surface area contributed by atoms with Crippen LogP contribution in [0.1, 0.15) is 19.8 Å². The molecule has 1 saturated carbocycles. The normalized spacial score (nSPS) is 19.2. The molecule has 2 aliphatic rings. The van der Waals surface area contributed by atoms with Crippen LogP contribution in [0.5, 0.6) is 23.0 Å². The highest BCUT2D eigenvalue weighted by Crippen LogP contribution is 2.53. The van der Waals surface area contributed by atoms with E-state index in [4.69, 9.17) is 18.9 Å². The Hall–Kier alpha value is -4.81. The Morgan fingerprint density at radius 1 is 0.936 bits per heavy atom. The first kappa shape index (κ1) is 32.1. The van der Waals surface area contributed by atoms with Gasteiger partial charge in [-0.25, -0.2) is 8.78 Å². The van der Waals surface area contributed by atoms with Crippen molar-refractivity contribution >= 4 is 34.1 Å². The van der Waals surface area contributed by atoms with Crippen molar-refractivity contribution in [1.29, 1.82) is 0 Å². The van der Waals surface area contributed by atoms with Crippen LogP contribution in [0.4, 0.5) is 20.2 Å². The number of rotatable bonds is 12. The molecule has 47 heavy (non-hydrogen) atoms. The smallest absolute Gasteiger partial charge is 0.240 e. The van der Waals surface area contributed by atoms with Crippen molar-refractivity contribution in [2.75, 3.05) is 57.2 Å². The molecule has 0 spiro atoms. The minimum absolute atomic E-state index is 0.0681. The number of aromatic nitrogens is 1. The van der Waals surface area contributed by atoms with Crippen LogP contribution in [0, 0.1) is 23.0 Å². The van der Waals surface area contributed by atoms with E-state index in [1.165, 1.54) is 36.4 Å². The highest BCUT2D eigenvalue weighted by molar-refractivity contribution is 6.17. The summed E-state index contributed by atoms with van der Waals surface area (Å²) in [7, 11) is 1.55. The Balaban J connectivity index is 1.11. The molecule has 2 amide bonds. The van der Waals surface area contributed by atoms with E-state index in [1.807, 2.05) is 0 Å². The average molecular weight is 647 g/mol. The molecule has 246 valence electrons. The van der Waals surface area contributed by atoms with E-state index >= 15 is 4.39 Å². The van der Waals surface area contributed by atoms with E-state index in [0.717, 1.165) is 45.3 Å². The predicted molar refractivity (Wildman–Crippen MR) is 172 cm³/mol. The molecule has 6 rings (SSSR count). The molecule has 2 atom stereocenters. The number of amides is 2. The first-order chi connectivity index (χ1) is 22.8. The van der Waals surface area contributed by atoms with Crippen LogP contribution in [0.3, 0.4) is 0 Å². The number of nitrogens with zero attached hydrogens (tertiary/aromatic N) is 2. The zero-order chi connectivity index (χ0) is 33.0. The SMILES string of the molecule is COc1cc2c(Oc3ccc(NC(=O)C4(C(=O)Nc5ccc(F)cc5)C[C@H]4C)cc3F)ccnc2cc1OCCCN1CCOCC1. The summed E-state index contributed by atoms with van der Waals surface area (Å²) >= 11 is 0. The van der Waals surface area contributed by atoms with Gasteiger partial charge in [0.1, 0.15) is 17.0 Å². The highest BCUT2D eigenvalue weighted by Gasteiger charge is 2.63. The number of hydrogen-bond acceptors (Lipinski definition) is 8. The number of hydrogen-bond donors (Lipinski definition) is 2. The second-order valence-electron chi connectivity index (χ2n) is 11.7. The Labute approximate surface area is 271 Å². The summed E-state index contributed by atoms with van der Waals surface area (Å²) in [6.45, 7) is 6.55. The summed E-state index contributed by atoms with van der Waals surface area (Å²) in [5, 5.41) is 5.95. The summed E-state index contributed by atoms with van der Waals surface area (Å²) in [5.74, 6) is -1.11. The van der Waals surface area contributed by atoms with Gasteiger partial charge in [0.15, 0.2) is 23.1 Å². The van der Waals surface area contributed by atoms with Crippen LogP contribution >= 0.6 is 0 Å². The Morgan fingerprint density at radius 2 is 1.64 bits per heavy atom. The summed E-state index contributed by atoms with van der Waals surface area (Å²) in [6.07, 6.45) is 2.73. The van der Waals surface area contributed by atoms with Crippen molar-refractivity contribution in [3.63, 3.8) is 0 Å².